The minimum atomic E-state index is -1.15. The molecule has 8 nitrogen and oxygen atoms in total. The fourth-order valence-electron chi connectivity index (χ4n) is 3.98. The van der Waals surface area contributed by atoms with Crippen molar-refractivity contribution in [1.29, 1.82) is 0 Å². The van der Waals surface area contributed by atoms with Crippen LogP contribution < -0.4 is 20.1 Å². The fourth-order valence-corrected chi connectivity index (χ4v) is 3.98. The Labute approximate surface area is 180 Å². The largest absolute Gasteiger partial charge is 0.486 e. The summed E-state index contributed by atoms with van der Waals surface area (Å²) in [5.74, 6) is 0.457. The van der Waals surface area contributed by atoms with Crippen molar-refractivity contribution in [2.75, 3.05) is 19.8 Å². The second-order valence-electron chi connectivity index (χ2n) is 7.64. The van der Waals surface area contributed by atoms with Gasteiger partial charge in [-0.05, 0) is 36.6 Å². The molecule has 0 aliphatic carbocycles. The molecule has 31 heavy (non-hydrogen) atoms. The van der Waals surface area contributed by atoms with Crippen molar-refractivity contribution in [3.63, 3.8) is 0 Å². The van der Waals surface area contributed by atoms with Gasteiger partial charge in [0.1, 0.15) is 25.3 Å². The highest BCUT2D eigenvalue weighted by atomic mass is 16.6. The Morgan fingerprint density at radius 2 is 1.84 bits per heavy atom. The highest BCUT2D eigenvalue weighted by molar-refractivity contribution is 6.09. The van der Waals surface area contributed by atoms with Gasteiger partial charge in [0.2, 0.25) is 5.91 Å². The quantitative estimate of drug-likeness (QED) is 0.696. The molecular formula is C23H25N3O5. The number of carbonyl (C=O) groups excluding carboxylic acids is 3. The first-order valence-corrected chi connectivity index (χ1v) is 10.3. The number of imide groups is 1. The van der Waals surface area contributed by atoms with E-state index in [-0.39, 0.29) is 12.6 Å². The minimum absolute atomic E-state index is 0.339. The molecule has 0 aromatic heterocycles. The van der Waals surface area contributed by atoms with Crippen LogP contribution in [0.15, 0.2) is 48.5 Å². The molecular weight excluding hydrogens is 398 g/mol. The third kappa shape index (κ3) is 3.81. The summed E-state index contributed by atoms with van der Waals surface area (Å²) in [5.41, 5.74) is 0.380. The zero-order chi connectivity index (χ0) is 22.0. The van der Waals surface area contributed by atoms with Gasteiger partial charge in [0, 0.05) is 0 Å². The summed E-state index contributed by atoms with van der Waals surface area (Å²) in [6.07, 6.45) is 0.382. The molecule has 0 unspecified atom stereocenters. The lowest BCUT2D eigenvalue weighted by molar-refractivity contribution is -0.135. The maximum atomic E-state index is 13.2. The van der Waals surface area contributed by atoms with E-state index in [2.05, 4.69) is 10.6 Å². The van der Waals surface area contributed by atoms with Crippen LogP contribution in [-0.2, 0) is 15.1 Å². The number of hydrogen-bond donors (Lipinski definition) is 2. The van der Waals surface area contributed by atoms with Gasteiger partial charge >= 0.3 is 6.03 Å². The Morgan fingerprint density at radius 1 is 1.13 bits per heavy atom. The zero-order valence-corrected chi connectivity index (χ0v) is 17.5. The topological polar surface area (TPSA) is 97.0 Å². The maximum absolute atomic E-state index is 13.2. The number of ether oxygens (including phenoxy) is 2. The number of nitrogens with one attached hydrogen (secondary N) is 2. The van der Waals surface area contributed by atoms with Crippen LogP contribution in [0.5, 0.6) is 11.5 Å². The highest BCUT2D eigenvalue weighted by Gasteiger charge is 2.51. The van der Waals surface area contributed by atoms with Crippen LogP contribution in [0.4, 0.5) is 4.79 Å². The van der Waals surface area contributed by atoms with Crippen LogP contribution in [0.2, 0.25) is 0 Å². The molecule has 8 heteroatoms. The fraction of sp³-hybridized carbons (Fsp3) is 0.348. The van der Waals surface area contributed by atoms with Gasteiger partial charge in [-0.3, -0.25) is 14.5 Å². The molecule has 2 aliphatic heterocycles. The lowest BCUT2D eigenvalue weighted by Crippen LogP contribution is -2.45. The summed E-state index contributed by atoms with van der Waals surface area (Å²) >= 11 is 0. The number of carbonyl (C=O) groups is 3. The Morgan fingerprint density at radius 3 is 2.55 bits per heavy atom. The van der Waals surface area contributed by atoms with Gasteiger partial charge in [-0.1, -0.05) is 43.3 Å². The van der Waals surface area contributed by atoms with E-state index >= 15 is 0 Å². The first kappa shape index (κ1) is 20.7. The van der Waals surface area contributed by atoms with E-state index in [0.29, 0.717) is 36.7 Å². The third-order valence-corrected chi connectivity index (χ3v) is 5.72. The average Bonchev–Trinajstić information content (AvgIpc) is 3.04. The summed E-state index contributed by atoms with van der Waals surface area (Å²) in [7, 11) is 0. The van der Waals surface area contributed by atoms with Crippen LogP contribution in [-0.4, -0.2) is 42.5 Å². The van der Waals surface area contributed by atoms with E-state index in [4.69, 9.17) is 9.47 Å². The summed E-state index contributed by atoms with van der Waals surface area (Å²) in [6, 6.07) is 13.6. The van der Waals surface area contributed by atoms with Crippen LogP contribution in [0.3, 0.4) is 0 Å². The van der Waals surface area contributed by atoms with Crippen molar-refractivity contribution in [1.82, 2.24) is 15.5 Å². The lowest BCUT2D eigenvalue weighted by Gasteiger charge is -2.25. The average molecular weight is 423 g/mol. The summed E-state index contributed by atoms with van der Waals surface area (Å²) in [4.78, 5) is 39.4. The molecule has 2 aromatic rings. The molecule has 0 saturated carbocycles. The number of amides is 4. The van der Waals surface area contributed by atoms with Crippen molar-refractivity contribution >= 4 is 17.8 Å². The van der Waals surface area contributed by atoms with Gasteiger partial charge in [-0.2, -0.15) is 0 Å². The summed E-state index contributed by atoms with van der Waals surface area (Å²) in [6.45, 7) is 4.29. The Bertz CT molecular complexity index is 1010. The van der Waals surface area contributed by atoms with E-state index < -0.39 is 23.4 Å². The van der Waals surface area contributed by atoms with Gasteiger partial charge in [-0.15, -0.1) is 0 Å². The van der Waals surface area contributed by atoms with Crippen LogP contribution >= 0.6 is 0 Å². The summed E-state index contributed by atoms with van der Waals surface area (Å²) in [5, 5.41) is 5.63. The molecule has 4 amide bonds. The third-order valence-electron chi connectivity index (χ3n) is 5.72. The van der Waals surface area contributed by atoms with Crippen molar-refractivity contribution in [3.05, 3.63) is 59.7 Å². The van der Waals surface area contributed by atoms with E-state index in [9.17, 15) is 14.4 Å². The number of benzene rings is 2. The van der Waals surface area contributed by atoms with Gasteiger partial charge in [-0.25, -0.2) is 4.79 Å². The maximum Gasteiger partial charge on any atom is 0.325 e. The number of rotatable bonds is 6. The molecule has 2 N–H and O–H groups in total. The van der Waals surface area contributed by atoms with E-state index in [1.807, 2.05) is 44.2 Å². The van der Waals surface area contributed by atoms with Gasteiger partial charge in [0.25, 0.3) is 5.91 Å². The molecule has 2 heterocycles. The Balaban J connectivity index is 1.45. The van der Waals surface area contributed by atoms with E-state index in [1.165, 1.54) is 0 Å². The number of fused-ring (bicyclic) bond motifs is 1. The van der Waals surface area contributed by atoms with Crippen molar-refractivity contribution in [3.8, 4) is 11.5 Å². The van der Waals surface area contributed by atoms with Crippen molar-refractivity contribution < 1.29 is 23.9 Å². The predicted octanol–water partition coefficient (Wildman–Crippen LogP) is 2.49. The molecule has 1 fully saturated rings. The molecule has 2 atom stereocenters. The molecule has 0 bridgehead atoms. The molecule has 1 saturated heterocycles. The Hall–Kier alpha value is -3.55. The zero-order valence-electron chi connectivity index (χ0n) is 17.5. The van der Waals surface area contributed by atoms with Crippen molar-refractivity contribution in [2.45, 2.75) is 31.8 Å². The van der Waals surface area contributed by atoms with E-state index in [0.717, 1.165) is 10.5 Å². The molecule has 162 valence electrons. The predicted molar refractivity (Wildman–Crippen MR) is 113 cm³/mol. The standard InChI is InChI=1S/C23H25N3O5/c1-3-23(17-7-5-4-6-8-17)21(28)26(22(29)25-23)14-20(27)24-15(2)16-9-10-18-19(13-16)31-12-11-30-18/h4-10,13,15H,3,11-12,14H2,1-2H3,(H,24,27)(H,25,29)/t15-,23+/m0/s1. The van der Waals surface area contributed by atoms with Gasteiger partial charge in [0.05, 0.1) is 6.04 Å². The molecule has 2 aromatic carbocycles. The number of nitrogens with zero attached hydrogens (tertiary/aromatic N) is 1. The molecule has 0 radical (unpaired) electrons. The van der Waals surface area contributed by atoms with E-state index in [1.54, 1.807) is 18.2 Å². The molecule has 2 aliphatic rings. The minimum Gasteiger partial charge on any atom is -0.486 e. The number of urea groups is 1. The second-order valence-corrected chi connectivity index (χ2v) is 7.64. The normalized spacial score (nSPS) is 20.9. The van der Waals surface area contributed by atoms with Gasteiger partial charge in [0.15, 0.2) is 11.5 Å². The SMILES string of the molecule is CC[C@]1(c2ccccc2)NC(=O)N(CC(=O)N[C@@H](C)c2ccc3c(c2)OCCO3)C1=O. The van der Waals surface area contributed by atoms with Crippen LogP contribution in [0.25, 0.3) is 0 Å². The van der Waals surface area contributed by atoms with Gasteiger partial charge < -0.3 is 20.1 Å². The lowest BCUT2D eigenvalue weighted by atomic mass is 9.87. The van der Waals surface area contributed by atoms with Crippen LogP contribution in [0, 0.1) is 0 Å². The smallest absolute Gasteiger partial charge is 0.325 e. The number of hydrogen-bond acceptors (Lipinski definition) is 5. The van der Waals surface area contributed by atoms with Crippen molar-refractivity contribution in [2.24, 2.45) is 0 Å². The Kier molecular flexibility index (Phi) is 5.54. The molecule has 4 rings (SSSR count). The molecule has 0 spiro atoms. The second kappa shape index (κ2) is 8.29. The first-order chi connectivity index (χ1) is 14.9. The summed E-state index contributed by atoms with van der Waals surface area (Å²) < 4.78 is 11.1. The highest BCUT2D eigenvalue weighted by Crippen LogP contribution is 2.33. The monoisotopic (exact) mass is 423 g/mol. The first-order valence-electron chi connectivity index (χ1n) is 10.3. The van der Waals surface area contributed by atoms with Crippen LogP contribution in [0.1, 0.15) is 37.4 Å².